The Labute approximate surface area is 123 Å². The molecule has 1 atom stereocenters. The highest BCUT2D eigenvalue weighted by atomic mass is 35.5. The molecule has 3 nitrogen and oxygen atoms in total. The van der Waals surface area contributed by atoms with Gasteiger partial charge in [0.1, 0.15) is 0 Å². The standard InChI is InChI=1S/C16H14ClN3/c17-14-7-10(9-18)1-5-16(14)20-15-6-2-11-8-12(19)3-4-13(11)15/h1,3-5,7-8,15,20H,2,6,19H2. The molecule has 0 amide bonds. The summed E-state index contributed by atoms with van der Waals surface area (Å²) >= 11 is 6.21. The quantitative estimate of drug-likeness (QED) is 0.822. The zero-order valence-corrected chi connectivity index (χ0v) is 11.6. The Morgan fingerprint density at radius 1 is 1.25 bits per heavy atom. The summed E-state index contributed by atoms with van der Waals surface area (Å²) in [7, 11) is 0. The second-order valence-electron chi connectivity index (χ2n) is 5.00. The molecule has 0 heterocycles. The minimum Gasteiger partial charge on any atom is -0.399 e. The molecule has 100 valence electrons. The van der Waals surface area contributed by atoms with E-state index in [-0.39, 0.29) is 6.04 Å². The fourth-order valence-electron chi connectivity index (χ4n) is 2.68. The zero-order chi connectivity index (χ0) is 14.1. The molecule has 1 aliphatic rings. The van der Waals surface area contributed by atoms with Gasteiger partial charge in [-0.05, 0) is 54.3 Å². The van der Waals surface area contributed by atoms with Crippen LogP contribution >= 0.6 is 11.6 Å². The number of fused-ring (bicyclic) bond motifs is 1. The topological polar surface area (TPSA) is 61.8 Å². The highest BCUT2D eigenvalue weighted by Gasteiger charge is 2.22. The summed E-state index contributed by atoms with van der Waals surface area (Å²) in [6.07, 6.45) is 2.04. The van der Waals surface area contributed by atoms with E-state index in [4.69, 9.17) is 22.6 Å². The van der Waals surface area contributed by atoms with Crippen molar-refractivity contribution in [2.45, 2.75) is 18.9 Å². The molecule has 2 aromatic carbocycles. The molecule has 0 radical (unpaired) electrons. The third-order valence-electron chi connectivity index (χ3n) is 3.67. The average Bonchev–Trinajstić information content (AvgIpc) is 2.83. The van der Waals surface area contributed by atoms with E-state index in [9.17, 15) is 0 Å². The van der Waals surface area contributed by atoms with E-state index < -0.39 is 0 Å². The van der Waals surface area contributed by atoms with Crippen LogP contribution in [-0.2, 0) is 6.42 Å². The van der Waals surface area contributed by atoms with Crippen LogP contribution in [0.1, 0.15) is 29.2 Å². The van der Waals surface area contributed by atoms with Crippen LogP contribution in [0, 0.1) is 11.3 Å². The van der Waals surface area contributed by atoms with Crippen molar-refractivity contribution in [1.29, 1.82) is 5.26 Å². The van der Waals surface area contributed by atoms with Crippen LogP contribution in [0.5, 0.6) is 0 Å². The van der Waals surface area contributed by atoms with E-state index in [2.05, 4.69) is 17.5 Å². The summed E-state index contributed by atoms with van der Waals surface area (Å²) in [5.74, 6) is 0. The molecule has 1 unspecified atom stereocenters. The van der Waals surface area contributed by atoms with E-state index in [1.807, 2.05) is 18.2 Å². The minimum atomic E-state index is 0.246. The van der Waals surface area contributed by atoms with E-state index >= 15 is 0 Å². The number of nitrogens with zero attached hydrogens (tertiary/aromatic N) is 1. The highest BCUT2D eigenvalue weighted by molar-refractivity contribution is 6.33. The van der Waals surface area contributed by atoms with Crippen molar-refractivity contribution < 1.29 is 0 Å². The number of benzene rings is 2. The maximum absolute atomic E-state index is 8.85. The molecule has 0 bridgehead atoms. The van der Waals surface area contributed by atoms with Gasteiger partial charge in [-0.15, -0.1) is 0 Å². The predicted molar refractivity (Wildman–Crippen MR) is 81.7 cm³/mol. The average molecular weight is 284 g/mol. The number of nitrogens with two attached hydrogens (primary N) is 1. The van der Waals surface area contributed by atoms with Crippen LogP contribution < -0.4 is 11.1 Å². The van der Waals surface area contributed by atoms with Gasteiger partial charge in [0.15, 0.2) is 0 Å². The number of aryl methyl sites for hydroxylation is 1. The van der Waals surface area contributed by atoms with Gasteiger partial charge < -0.3 is 11.1 Å². The van der Waals surface area contributed by atoms with Crippen LogP contribution in [0.2, 0.25) is 5.02 Å². The lowest BCUT2D eigenvalue weighted by atomic mass is 10.1. The normalized spacial score (nSPS) is 16.5. The molecule has 0 saturated heterocycles. The van der Waals surface area contributed by atoms with Crippen molar-refractivity contribution in [1.82, 2.24) is 0 Å². The lowest BCUT2D eigenvalue weighted by molar-refractivity contribution is 0.762. The monoisotopic (exact) mass is 283 g/mol. The van der Waals surface area contributed by atoms with Gasteiger partial charge in [-0.1, -0.05) is 17.7 Å². The van der Waals surface area contributed by atoms with Crippen LogP contribution in [0.25, 0.3) is 0 Å². The van der Waals surface area contributed by atoms with Crippen molar-refractivity contribution in [3.63, 3.8) is 0 Å². The van der Waals surface area contributed by atoms with Gasteiger partial charge in [0.05, 0.1) is 28.4 Å². The van der Waals surface area contributed by atoms with E-state index in [0.29, 0.717) is 10.6 Å². The predicted octanol–water partition coefficient (Wildman–Crippen LogP) is 3.89. The Balaban J connectivity index is 1.86. The van der Waals surface area contributed by atoms with Crippen LogP contribution in [0.15, 0.2) is 36.4 Å². The van der Waals surface area contributed by atoms with Crippen molar-refractivity contribution in [2.75, 3.05) is 11.1 Å². The first-order valence-electron chi connectivity index (χ1n) is 6.52. The lowest BCUT2D eigenvalue weighted by Gasteiger charge is -2.17. The third kappa shape index (κ3) is 2.31. The maximum atomic E-state index is 8.85. The number of nitrogens with one attached hydrogen (secondary N) is 1. The smallest absolute Gasteiger partial charge is 0.0992 e. The second kappa shape index (κ2) is 5.07. The summed E-state index contributed by atoms with van der Waals surface area (Å²) in [4.78, 5) is 0. The fraction of sp³-hybridized carbons (Fsp3) is 0.188. The Hall–Kier alpha value is -2.18. The van der Waals surface area contributed by atoms with E-state index in [1.165, 1.54) is 11.1 Å². The number of nitriles is 1. The molecule has 0 spiro atoms. The number of halogens is 1. The summed E-state index contributed by atoms with van der Waals surface area (Å²) in [5, 5.41) is 12.9. The fourth-order valence-corrected chi connectivity index (χ4v) is 2.91. The lowest BCUT2D eigenvalue weighted by Crippen LogP contribution is -2.07. The molecular formula is C16H14ClN3. The Bertz CT molecular complexity index is 703. The molecule has 3 N–H and O–H groups in total. The van der Waals surface area contributed by atoms with Crippen LogP contribution in [-0.4, -0.2) is 0 Å². The number of rotatable bonds is 2. The van der Waals surface area contributed by atoms with Gasteiger partial charge in [-0.3, -0.25) is 0 Å². The van der Waals surface area contributed by atoms with E-state index in [0.717, 1.165) is 24.2 Å². The molecular weight excluding hydrogens is 270 g/mol. The second-order valence-corrected chi connectivity index (χ2v) is 5.41. The largest absolute Gasteiger partial charge is 0.399 e. The van der Waals surface area contributed by atoms with Crippen LogP contribution in [0.4, 0.5) is 11.4 Å². The van der Waals surface area contributed by atoms with Crippen LogP contribution in [0.3, 0.4) is 0 Å². The number of anilines is 2. The molecule has 0 aromatic heterocycles. The zero-order valence-electron chi connectivity index (χ0n) is 10.9. The maximum Gasteiger partial charge on any atom is 0.0992 e. The Kier molecular flexibility index (Phi) is 3.25. The van der Waals surface area contributed by atoms with Gasteiger partial charge in [0.25, 0.3) is 0 Å². The molecule has 0 aliphatic heterocycles. The van der Waals surface area contributed by atoms with Crippen molar-refractivity contribution in [3.8, 4) is 6.07 Å². The van der Waals surface area contributed by atoms with Crippen molar-refractivity contribution in [3.05, 3.63) is 58.1 Å². The molecule has 0 saturated carbocycles. The molecule has 0 fully saturated rings. The molecule has 20 heavy (non-hydrogen) atoms. The van der Waals surface area contributed by atoms with Gasteiger partial charge in [-0.25, -0.2) is 0 Å². The van der Waals surface area contributed by atoms with Gasteiger partial charge >= 0.3 is 0 Å². The number of nitrogen functional groups attached to an aromatic ring is 1. The molecule has 3 rings (SSSR count). The summed E-state index contributed by atoms with van der Waals surface area (Å²) in [6, 6.07) is 13.7. The molecule has 1 aliphatic carbocycles. The highest BCUT2D eigenvalue weighted by Crippen LogP contribution is 2.36. The number of hydrogen-bond donors (Lipinski definition) is 2. The first-order chi connectivity index (χ1) is 9.67. The minimum absolute atomic E-state index is 0.246. The van der Waals surface area contributed by atoms with E-state index in [1.54, 1.807) is 12.1 Å². The first-order valence-corrected chi connectivity index (χ1v) is 6.89. The molecule has 2 aromatic rings. The summed E-state index contributed by atoms with van der Waals surface area (Å²) in [6.45, 7) is 0. The Morgan fingerprint density at radius 3 is 2.85 bits per heavy atom. The van der Waals surface area contributed by atoms with Crippen molar-refractivity contribution >= 4 is 23.0 Å². The first kappa shape index (κ1) is 12.8. The molecule has 4 heteroatoms. The Morgan fingerprint density at radius 2 is 2.10 bits per heavy atom. The van der Waals surface area contributed by atoms with Crippen molar-refractivity contribution in [2.24, 2.45) is 0 Å². The summed E-state index contributed by atoms with van der Waals surface area (Å²) in [5.41, 5.74) is 10.6. The number of hydrogen-bond acceptors (Lipinski definition) is 3. The summed E-state index contributed by atoms with van der Waals surface area (Å²) < 4.78 is 0. The van der Waals surface area contributed by atoms with Gasteiger partial charge in [0.2, 0.25) is 0 Å². The van der Waals surface area contributed by atoms with Gasteiger partial charge in [0, 0.05) is 5.69 Å². The third-order valence-corrected chi connectivity index (χ3v) is 3.99. The van der Waals surface area contributed by atoms with Gasteiger partial charge in [-0.2, -0.15) is 5.26 Å². The SMILES string of the molecule is N#Cc1ccc(NC2CCc3cc(N)ccc32)c(Cl)c1.